The van der Waals surface area contributed by atoms with Gasteiger partial charge in [0, 0.05) is 13.1 Å². The number of hydrogen-bond donors (Lipinski definition) is 0. The minimum absolute atomic E-state index is 0.887. The van der Waals surface area contributed by atoms with Crippen LogP contribution in [0.5, 0.6) is 0 Å². The summed E-state index contributed by atoms with van der Waals surface area (Å²) in [5.41, 5.74) is 0. The molecule has 1 saturated carbocycles. The summed E-state index contributed by atoms with van der Waals surface area (Å²) in [6.45, 7) is 10.4. The summed E-state index contributed by atoms with van der Waals surface area (Å²) in [5, 5.41) is 0. The lowest BCUT2D eigenvalue weighted by atomic mass is 9.77. The van der Waals surface area contributed by atoms with Crippen molar-refractivity contribution in [2.45, 2.75) is 58.8 Å². The maximum atomic E-state index is 5.80. The molecule has 1 aliphatic carbocycles. The smallest absolute Gasteiger partial charge is 0.182 e. The highest BCUT2D eigenvalue weighted by Crippen LogP contribution is 2.34. The lowest BCUT2D eigenvalue weighted by molar-refractivity contribution is 0.177. The zero-order chi connectivity index (χ0) is 14.4. The average Bonchev–Trinajstić information content (AvgIpc) is 2.42. The summed E-state index contributed by atoms with van der Waals surface area (Å²) >= 11 is 0. The molecule has 0 spiro atoms. The molecule has 2 radical (unpaired) electrons. The zero-order valence-corrected chi connectivity index (χ0v) is 13.7. The Kier molecular flexibility index (Phi) is 6.90. The minimum atomic E-state index is 0.887. The van der Waals surface area contributed by atoms with Gasteiger partial charge in [0.25, 0.3) is 0 Å². The van der Waals surface area contributed by atoms with Crippen LogP contribution < -0.4 is 0 Å². The van der Waals surface area contributed by atoms with Gasteiger partial charge in [-0.05, 0) is 56.7 Å². The fourth-order valence-corrected chi connectivity index (χ4v) is 4.01. The molecule has 0 unspecified atom stereocenters. The van der Waals surface area contributed by atoms with Crippen LogP contribution in [0.15, 0.2) is 0 Å². The van der Waals surface area contributed by atoms with Gasteiger partial charge in [-0.1, -0.05) is 39.5 Å². The predicted octanol–water partition coefficient (Wildman–Crippen LogP) is 3.32. The van der Waals surface area contributed by atoms with Crippen LogP contribution in [0.4, 0.5) is 0 Å². The van der Waals surface area contributed by atoms with Crippen molar-refractivity contribution in [3.05, 3.63) is 0 Å². The van der Waals surface area contributed by atoms with E-state index in [-0.39, 0.29) is 0 Å². The SMILES string of the molecule is [B]N1CCN(CCCC2CCC(CC(C)C)CC2)CC1. The average molecular weight is 276 g/mol. The molecule has 1 saturated heterocycles. The van der Waals surface area contributed by atoms with Crippen LogP contribution in [0.3, 0.4) is 0 Å². The van der Waals surface area contributed by atoms with Gasteiger partial charge in [-0.25, -0.2) is 0 Å². The minimum Gasteiger partial charge on any atom is -0.351 e. The number of piperazine rings is 1. The van der Waals surface area contributed by atoms with Gasteiger partial charge in [0.15, 0.2) is 7.98 Å². The van der Waals surface area contributed by atoms with Gasteiger partial charge in [0.2, 0.25) is 0 Å². The molecule has 0 atom stereocenters. The molecule has 114 valence electrons. The Morgan fingerprint density at radius 3 is 2.15 bits per heavy atom. The van der Waals surface area contributed by atoms with Crippen molar-refractivity contribution in [2.24, 2.45) is 17.8 Å². The van der Waals surface area contributed by atoms with Gasteiger partial charge in [0.05, 0.1) is 0 Å². The molecule has 0 aromatic rings. The zero-order valence-electron chi connectivity index (χ0n) is 13.7. The Morgan fingerprint density at radius 1 is 0.950 bits per heavy atom. The second-order valence-electron chi connectivity index (χ2n) is 7.54. The molecule has 2 rings (SSSR count). The van der Waals surface area contributed by atoms with E-state index in [0.29, 0.717) is 0 Å². The van der Waals surface area contributed by atoms with Crippen LogP contribution in [0.25, 0.3) is 0 Å². The molecule has 0 amide bonds. The fourth-order valence-electron chi connectivity index (χ4n) is 4.01. The topological polar surface area (TPSA) is 6.48 Å². The van der Waals surface area contributed by atoms with Crippen molar-refractivity contribution in [1.29, 1.82) is 0 Å². The fraction of sp³-hybridized carbons (Fsp3) is 1.00. The molecule has 1 aliphatic heterocycles. The second kappa shape index (κ2) is 8.43. The number of hydrogen-bond acceptors (Lipinski definition) is 2. The first kappa shape index (κ1) is 16.4. The highest BCUT2D eigenvalue weighted by atomic mass is 15.2. The van der Waals surface area contributed by atoms with Crippen molar-refractivity contribution in [2.75, 3.05) is 32.7 Å². The van der Waals surface area contributed by atoms with E-state index in [0.717, 1.165) is 43.9 Å². The van der Waals surface area contributed by atoms with Gasteiger partial charge in [-0.2, -0.15) is 0 Å². The molecular formula is C17H33BN2. The molecule has 2 aliphatic rings. The lowest BCUT2D eigenvalue weighted by Crippen LogP contribution is -2.45. The summed E-state index contributed by atoms with van der Waals surface area (Å²) in [7, 11) is 5.80. The first-order chi connectivity index (χ1) is 9.63. The monoisotopic (exact) mass is 276 g/mol. The van der Waals surface area contributed by atoms with Gasteiger partial charge >= 0.3 is 0 Å². The second-order valence-corrected chi connectivity index (χ2v) is 7.54. The Hall–Kier alpha value is -0.0151. The molecule has 2 nitrogen and oxygen atoms in total. The molecule has 20 heavy (non-hydrogen) atoms. The van der Waals surface area contributed by atoms with Crippen molar-refractivity contribution in [3.8, 4) is 0 Å². The van der Waals surface area contributed by atoms with Crippen molar-refractivity contribution in [1.82, 2.24) is 9.71 Å². The van der Waals surface area contributed by atoms with Crippen LogP contribution in [0.1, 0.15) is 58.8 Å². The Bertz CT molecular complexity index is 254. The summed E-state index contributed by atoms with van der Waals surface area (Å²) in [5.74, 6) is 2.94. The summed E-state index contributed by atoms with van der Waals surface area (Å²) in [4.78, 5) is 4.54. The van der Waals surface area contributed by atoms with E-state index in [9.17, 15) is 0 Å². The highest BCUT2D eigenvalue weighted by Gasteiger charge is 2.22. The van der Waals surface area contributed by atoms with Crippen molar-refractivity contribution in [3.63, 3.8) is 0 Å². The molecule has 0 aromatic carbocycles. The van der Waals surface area contributed by atoms with Crippen LogP contribution in [-0.2, 0) is 0 Å². The third-order valence-electron chi connectivity index (χ3n) is 5.26. The van der Waals surface area contributed by atoms with E-state index < -0.39 is 0 Å². The summed E-state index contributed by atoms with van der Waals surface area (Å²) in [6.07, 6.45) is 10.3. The van der Waals surface area contributed by atoms with Crippen molar-refractivity contribution >= 4 is 7.98 Å². The lowest BCUT2D eigenvalue weighted by Gasteiger charge is -2.34. The Labute approximate surface area is 127 Å². The number of rotatable bonds is 6. The molecule has 0 aromatic heterocycles. The Balaban J connectivity index is 1.53. The van der Waals surface area contributed by atoms with E-state index in [2.05, 4.69) is 18.7 Å². The van der Waals surface area contributed by atoms with E-state index >= 15 is 0 Å². The maximum Gasteiger partial charge on any atom is 0.182 e. The van der Waals surface area contributed by atoms with Crippen LogP contribution >= 0.6 is 0 Å². The van der Waals surface area contributed by atoms with E-state index in [1.165, 1.54) is 51.5 Å². The van der Waals surface area contributed by atoms with Crippen LogP contribution in [0.2, 0.25) is 0 Å². The van der Waals surface area contributed by atoms with E-state index in [1.807, 2.05) is 4.81 Å². The maximum absolute atomic E-state index is 5.80. The summed E-state index contributed by atoms with van der Waals surface area (Å²) < 4.78 is 0. The third-order valence-corrected chi connectivity index (χ3v) is 5.26. The Morgan fingerprint density at radius 2 is 1.55 bits per heavy atom. The normalized spacial score (nSPS) is 29.9. The third kappa shape index (κ3) is 5.77. The standard InChI is InChI=1S/C17H33BN2/c1-15(2)14-17-7-5-16(6-8-17)4-3-9-19-10-12-20(18)13-11-19/h15-17H,3-14H2,1-2H3. The van der Waals surface area contributed by atoms with Gasteiger partial charge in [-0.3, -0.25) is 0 Å². The first-order valence-electron chi connectivity index (χ1n) is 8.85. The molecule has 0 N–H and O–H groups in total. The van der Waals surface area contributed by atoms with Crippen LogP contribution in [-0.4, -0.2) is 50.4 Å². The van der Waals surface area contributed by atoms with Crippen molar-refractivity contribution < 1.29 is 0 Å². The van der Waals surface area contributed by atoms with Gasteiger partial charge < -0.3 is 9.71 Å². The summed E-state index contributed by atoms with van der Waals surface area (Å²) in [6, 6.07) is 0. The van der Waals surface area contributed by atoms with Gasteiger partial charge in [0.1, 0.15) is 0 Å². The highest BCUT2D eigenvalue weighted by molar-refractivity contribution is 6.04. The van der Waals surface area contributed by atoms with E-state index in [4.69, 9.17) is 7.98 Å². The predicted molar refractivity (Wildman–Crippen MR) is 87.9 cm³/mol. The quantitative estimate of drug-likeness (QED) is 0.687. The molecule has 2 fully saturated rings. The van der Waals surface area contributed by atoms with Gasteiger partial charge in [-0.15, -0.1) is 0 Å². The largest absolute Gasteiger partial charge is 0.351 e. The molecular weight excluding hydrogens is 243 g/mol. The van der Waals surface area contributed by atoms with Crippen LogP contribution in [0, 0.1) is 17.8 Å². The first-order valence-corrected chi connectivity index (χ1v) is 8.85. The molecule has 3 heteroatoms. The van der Waals surface area contributed by atoms with E-state index in [1.54, 1.807) is 0 Å². The number of nitrogens with zero attached hydrogens (tertiary/aromatic N) is 2. The molecule has 1 heterocycles. The molecule has 0 bridgehead atoms.